The Hall–Kier alpha value is -2.17. The molecule has 0 radical (unpaired) electrons. The first-order valence-electron chi connectivity index (χ1n) is 8.18. The molecule has 2 aromatic rings. The lowest BCUT2D eigenvalue weighted by Gasteiger charge is -2.29. The van der Waals surface area contributed by atoms with Crippen molar-refractivity contribution in [3.05, 3.63) is 23.9 Å². The number of aromatic nitrogens is 1. The molecule has 2 N–H and O–H groups in total. The van der Waals surface area contributed by atoms with Crippen LogP contribution in [0.25, 0.3) is 10.9 Å². The molecule has 1 aliphatic rings. The number of hydrogen-bond donors (Lipinski definition) is 2. The van der Waals surface area contributed by atoms with E-state index in [1.165, 1.54) is 19.3 Å². The highest BCUT2D eigenvalue weighted by Crippen LogP contribution is 2.32. The van der Waals surface area contributed by atoms with E-state index in [1.54, 1.807) is 14.2 Å². The molecule has 1 aromatic carbocycles. The third kappa shape index (κ3) is 3.14. The van der Waals surface area contributed by atoms with Crippen molar-refractivity contribution in [2.24, 2.45) is 5.92 Å². The lowest BCUT2D eigenvalue weighted by Crippen LogP contribution is -2.41. The molecule has 1 aromatic heterocycles. The molecule has 23 heavy (non-hydrogen) atoms. The van der Waals surface area contributed by atoms with Crippen LogP contribution in [-0.4, -0.2) is 31.2 Å². The zero-order chi connectivity index (χ0) is 16.4. The van der Waals surface area contributed by atoms with E-state index in [-0.39, 0.29) is 11.9 Å². The number of methoxy groups -OCH3 is 2. The van der Waals surface area contributed by atoms with E-state index in [2.05, 4.69) is 17.2 Å². The fourth-order valence-corrected chi connectivity index (χ4v) is 3.37. The summed E-state index contributed by atoms with van der Waals surface area (Å²) in [6.45, 7) is 2.21. The van der Waals surface area contributed by atoms with Crippen molar-refractivity contribution < 1.29 is 14.3 Å². The van der Waals surface area contributed by atoms with Crippen molar-refractivity contribution in [1.29, 1.82) is 0 Å². The second kappa shape index (κ2) is 6.52. The van der Waals surface area contributed by atoms with Gasteiger partial charge in [-0.1, -0.05) is 19.8 Å². The quantitative estimate of drug-likeness (QED) is 0.907. The van der Waals surface area contributed by atoms with Gasteiger partial charge in [-0.25, -0.2) is 0 Å². The minimum atomic E-state index is -0.0547. The van der Waals surface area contributed by atoms with Crippen molar-refractivity contribution in [2.45, 2.75) is 38.6 Å². The fraction of sp³-hybridized carbons (Fsp3) is 0.500. The van der Waals surface area contributed by atoms with E-state index < -0.39 is 0 Å². The number of carbonyl (C=O) groups excluding carboxylic acids is 1. The van der Waals surface area contributed by atoms with Crippen LogP contribution >= 0.6 is 0 Å². The first-order valence-corrected chi connectivity index (χ1v) is 8.18. The van der Waals surface area contributed by atoms with Crippen LogP contribution in [-0.2, 0) is 0 Å². The molecule has 3 rings (SSSR count). The monoisotopic (exact) mass is 316 g/mol. The maximum atomic E-state index is 12.6. The Kier molecular flexibility index (Phi) is 4.46. The van der Waals surface area contributed by atoms with Gasteiger partial charge >= 0.3 is 0 Å². The Morgan fingerprint density at radius 3 is 2.65 bits per heavy atom. The third-order valence-electron chi connectivity index (χ3n) is 4.80. The molecule has 124 valence electrons. The van der Waals surface area contributed by atoms with Crippen LogP contribution in [0.1, 0.15) is 43.1 Å². The SMILES string of the molecule is COc1cc(OC)c2cc(C(=O)NC3CCCCC3C)[nH]c2c1. The topological polar surface area (TPSA) is 63.4 Å². The number of hydrogen-bond acceptors (Lipinski definition) is 3. The molecule has 0 bridgehead atoms. The molecule has 0 aliphatic heterocycles. The van der Waals surface area contributed by atoms with Gasteiger partial charge in [0, 0.05) is 23.6 Å². The van der Waals surface area contributed by atoms with Crippen molar-refractivity contribution in [3.8, 4) is 11.5 Å². The summed E-state index contributed by atoms with van der Waals surface area (Å²) in [6, 6.07) is 5.80. The second-order valence-electron chi connectivity index (χ2n) is 6.32. The summed E-state index contributed by atoms with van der Waals surface area (Å²) in [4.78, 5) is 15.7. The van der Waals surface area contributed by atoms with Crippen LogP contribution in [0.5, 0.6) is 11.5 Å². The zero-order valence-electron chi connectivity index (χ0n) is 13.9. The third-order valence-corrected chi connectivity index (χ3v) is 4.80. The predicted octanol–water partition coefficient (Wildman–Crippen LogP) is 3.49. The van der Waals surface area contributed by atoms with Gasteiger partial charge in [0.2, 0.25) is 0 Å². The van der Waals surface area contributed by atoms with Crippen LogP contribution < -0.4 is 14.8 Å². The lowest BCUT2D eigenvalue weighted by molar-refractivity contribution is 0.0906. The molecular weight excluding hydrogens is 292 g/mol. The number of fused-ring (bicyclic) bond motifs is 1. The van der Waals surface area contributed by atoms with Crippen LogP contribution in [0, 0.1) is 5.92 Å². The average Bonchev–Trinajstić information content (AvgIpc) is 3.00. The van der Waals surface area contributed by atoms with E-state index in [1.807, 2.05) is 18.2 Å². The minimum absolute atomic E-state index is 0.0547. The number of ether oxygens (including phenoxy) is 2. The van der Waals surface area contributed by atoms with Gasteiger partial charge in [-0.3, -0.25) is 4.79 Å². The van der Waals surface area contributed by atoms with Gasteiger partial charge in [0.05, 0.1) is 19.7 Å². The molecule has 2 unspecified atom stereocenters. The molecule has 1 aliphatic carbocycles. The largest absolute Gasteiger partial charge is 0.497 e. The number of amides is 1. The lowest BCUT2D eigenvalue weighted by atomic mass is 9.86. The van der Waals surface area contributed by atoms with E-state index in [4.69, 9.17) is 9.47 Å². The number of benzene rings is 1. The van der Waals surface area contributed by atoms with Gasteiger partial charge in [-0.2, -0.15) is 0 Å². The number of nitrogens with one attached hydrogen (secondary N) is 2. The number of carbonyl (C=O) groups is 1. The predicted molar refractivity (Wildman–Crippen MR) is 90.3 cm³/mol. The van der Waals surface area contributed by atoms with Gasteiger partial charge in [0.15, 0.2) is 0 Å². The Balaban J connectivity index is 1.86. The normalized spacial score (nSPS) is 21.2. The summed E-state index contributed by atoms with van der Waals surface area (Å²) in [5.74, 6) is 1.87. The highest BCUT2D eigenvalue weighted by molar-refractivity contribution is 6.00. The summed E-state index contributed by atoms with van der Waals surface area (Å²) in [5, 5.41) is 4.05. The van der Waals surface area contributed by atoms with Gasteiger partial charge in [0.1, 0.15) is 17.2 Å². The standard InChI is InChI=1S/C18H24N2O3/c1-11-6-4-5-7-14(11)20-18(21)16-10-13-15(19-16)8-12(22-2)9-17(13)23-3/h8-11,14,19H,4-7H2,1-3H3,(H,20,21). The average molecular weight is 316 g/mol. The molecule has 1 amide bonds. The van der Waals surface area contributed by atoms with E-state index in [9.17, 15) is 4.79 Å². The molecule has 1 heterocycles. The number of aromatic amines is 1. The second-order valence-corrected chi connectivity index (χ2v) is 6.32. The van der Waals surface area contributed by atoms with Crippen molar-refractivity contribution in [3.63, 3.8) is 0 Å². The molecule has 1 fully saturated rings. The van der Waals surface area contributed by atoms with Crippen LogP contribution in [0.4, 0.5) is 0 Å². The van der Waals surface area contributed by atoms with Crippen molar-refractivity contribution in [2.75, 3.05) is 14.2 Å². The molecule has 2 atom stereocenters. The summed E-state index contributed by atoms with van der Waals surface area (Å²) >= 11 is 0. The Morgan fingerprint density at radius 1 is 1.17 bits per heavy atom. The fourth-order valence-electron chi connectivity index (χ4n) is 3.37. The summed E-state index contributed by atoms with van der Waals surface area (Å²) in [6.07, 6.45) is 4.69. The van der Waals surface area contributed by atoms with Gasteiger partial charge < -0.3 is 19.8 Å². The van der Waals surface area contributed by atoms with E-state index in [0.717, 1.165) is 17.3 Å². The maximum absolute atomic E-state index is 12.6. The molecule has 5 nitrogen and oxygen atoms in total. The first-order chi connectivity index (χ1) is 11.1. The Morgan fingerprint density at radius 2 is 1.96 bits per heavy atom. The van der Waals surface area contributed by atoms with Crippen molar-refractivity contribution >= 4 is 16.8 Å². The number of H-pyrrole nitrogens is 1. The molecule has 0 saturated heterocycles. The Labute approximate surface area is 136 Å². The summed E-state index contributed by atoms with van der Waals surface area (Å²) < 4.78 is 10.7. The van der Waals surface area contributed by atoms with Crippen LogP contribution in [0.2, 0.25) is 0 Å². The summed E-state index contributed by atoms with van der Waals surface area (Å²) in [5.41, 5.74) is 1.40. The van der Waals surface area contributed by atoms with E-state index >= 15 is 0 Å². The molecule has 1 saturated carbocycles. The molecular formula is C18H24N2O3. The molecule has 5 heteroatoms. The van der Waals surface area contributed by atoms with Crippen molar-refractivity contribution in [1.82, 2.24) is 10.3 Å². The first kappa shape index (κ1) is 15.7. The number of rotatable bonds is 4. The highest BCUT2D eigenvalue weighted by Gasteiger charge is 2.24. The smallest absolute Gasteiger partial charge is 0.267 e. The Bertz CT molecular complexity index is 708. The maximum Gasteiger partial charge on any atom is 0.267 e. The highest BCUT2D eigenvalue weighted by atomic mass is 16.5. The summed E-state index contributed by atoms with van der Waals surface area (Å²) in [7, 11) is 3.23. The van der Waals surface area contributed by atoms with E-state index in [0.29, 0.717) is 23.1 Å². The minimum Gasteiger partial charge on any atom is -0.497 e. The van der Waals surface area contributed by atoms with Crippen LogP contribution in [0.15, 0.2) is 18.2 Å². The van der Waals surface area contributed by atoms with Gasteiger partial charge in [-0.05, 0) is 24.8 Å². The molecule has 0 spiro atoms. The zero-order valence-corrected chi connectivity index (χ0v) is 13.9. The van der Waals surface area contributed by atoms with Gasteiger partial charge in [-0.15, -0.1) is 0 Å². The van der Waals surface area contributed by atoms with Crippen LogP contribution in [0.3, 0.4) is 0 Å². The van der Waals surface area contributed by atoms with Gasteiger partial charge in [0.25, 0.3) is 5.91 Å².